The molecule has 3 aromatic rings. The number of hydrogen-bond acceptors (Lipinski definition) is 5. The first-order valence-electron chi connectivity index (χ1n) is 10.1. The van der Waals surface area contributed by atoms with Crippen LogP contribution < -0.4 is 16.0 Å². The normalized spacial score (nSPS) is 13.9. The Morgan fingerprint density at radius 2 is 1.85 bits per heavy atom. The number of aromatic nitrogens is 2. The van der Waals surface area contributed by atoms with Gasteiger partial charge in [0.15, 0.2) is 0 Å². The lowest BCUT2D eigenvalue weighted by molar-refractivity contribution is -0.137. The van der Waals surface area contributed by atoms with Gasteiger partial charge in [0, 0.05) is 47.9 Å². The summed E-state index contributed by atoms with van der Waals surface area (Å²) >= 11 is 0. The monoisotopic (exact) mass is 455 g/mol. The molecule has 170 valence electrons. The van der Waals surface area contributed by atoms with E-state index in [4.69, 9.17) is 5.73 Å². The molecule has 2 aromatic carbocycles. The number of aryl methyl sites for hydroxylation is 1. The molecule has 4 rings (SSSR count). The van der Waals surface area contributed by atoms with Crippen molar-refractivity contribution in [3.05, 3.63) is 65.5 Å². The Hall–Kier alpha value is -3.95. The Morgan fingerprint density at radius 1 is 1.12 bits per heavy atom. The number of nitrogens with two attached hydrogens (primary N) is 1. The Kier molecular flexibility index (Phi) is 5.75. The Bertz CT molecular complexity index is 1230. The maximum Gasteiger partial charge on any atom is 0.416 e. The van der Waals surface area contributed by atoms with Crippen molar-refractivity contribution in [1.82, 2.24) is 9.97 Å². The third-order valence-electron chi connectivity index (χ3n) is 5.37. The summed E-state index contributed by atoms with van der Waals surface area (Å²) in [6.45, 7) is 2.18. The molecule has 0 atom stereocenters. The Balaban J connectivity index is 1.66. The lowest BCUT2D eigenvalue weighted by Gasteiger charge is -2.19. The highest BCUT2D eigenvalue weighted by Crippen LogP contribution is 2.36. The van der Waals surface area contributed by atoms with Gasteiger partial charge in [-0.3, -0.25) is 9.59 Å². The zero-order valence-corrected chi connectivity index (χ0v) is 17.6. The van der Waals surface area contributed by atoms with Crippen LogP contribution in [0.1, 0.15) is 34.3 Å². The van der Waals surface area contributed by atoms with Crippen LogP contribution in [0.3, 0.4) is 0 Å². The van der Waals surface area contributed by atoms with E-state index in [1.807, 2.05) is 6.92 Å². The van der Waals surface area contributed by atoms with Crippen LogP contribution >= 0.6 is 0 Å². The van der Waals surface area contributed by atoms with Crippen molar-refractivity contribution >= 4 is 29.1 Å². The molecule has 0 spiro atoms. The zero-order valence-electron chi connectivity index (χ0n) is 17.6. The molecular formula is C23H20F3N5O2. The highest BCUT2D eigenvalue weighted by molar-refractivity contribution is 6.05. The van der Waals surface area contributed by atoms with E-state index < -0.39 is 17.6 Å². The molecule has 3 N–H and O–H groups in total. The van der Waals surface area contributed by atoms with Crippen LogP contribution in [0.25, 0.3) is 11.1 Å². The van der Waals surface area contributed by atoms with Crippen LogP contribution in [0.5, 0.6) is 0 Å². The minimum Gasteiger partial charge on any atom is -0.368 e. The number of benzene rings is 2. The Morgan fingerprint density at radius 3 is 2.48 bits per heavy atom. The summed E-state index contributed by atoms with van der Waals surface area (Å²) in [6, 6.07) is 8.05. The van der Waals surface area contributed by atoms with E-state index in [1.165, 1.54) is 23.4 Å². The van der Waals surface area contributed by atoms with Gasteiger partial charge in [-0.05, 0) is 54.8 Å². The molecule has 33 heavy (non-hydrogen) atoms. The second-order valence-corrected chi connectivity index (χ2v) is 7.73. The summed E-state index contributed by atoms with van der Waals surface area (Å²) in [6.07, 6.45) is -0.738. The van der Waals surface area contributed by atoms with Gasteiger partial charge in [-0.25, -0.2) is 9.97 Å². The number of hydrogen-bond donors (Lipinski definition) is 2. The molecule has 2 heterocycles. The summed E-state index contributed by atoms with van der Waals surface area (Å²) in [5, 5.41) is 2.53. The summed E-state index contributed by atoms with van der Waals surface area (Å²) < 4.78 is 40.4. The van der Waals surface area contributed by atoms with E-state index in [0.29, 0.717) is 24.1 Å². The summed E-state index contributed by atoms with van der Waals surface area (Å²) in [4.78, 5) is 34.2. The van der Waals surface area contributed by atoms with Crippen LogP contribution in [-0.2, 0) is 11.0 Å². The Labute approximate surface area is 187 Å². The predicted molar refractivity (Wildman–Crippen MR) is 118 cm³/mol. The number of nitrogens with one attached hydrogen (secondary N) is 1. The quantitative estimate of drug-likeness (QED) is 0.606. The number of alkyl halides is 3. The fourth-order valence-corrected chi connectivity index (χ4v) is 3.68. The van der Waals surface area contributed by atoms with Crippen molar-refractivity contribution in [3.63, 3.8) is 0 Å². The van der Waals surface area contributed by atoms with Gasteiger partial charge < -0.3 is 16.0 Å². The van der Waals surface area contributed by atoms with Gasteiger partial charge in [0.25, 0.3) is 5.91 Å². The van der Waals surface area contributed by atoms with Gasteiger partial charge in [-0.2, -0.15) is 13.2 Å². The average molecular weight is 455 g/mol. The number of nitrogens with zero attached hydrogens (tertiary/aromatic N) is 3. The van der Waals surface area contributed by atoms with Gasteiger partial charge in [-0.1, -0.05) is 6.07 Å². The molecule has 1 saturated heterocycles. The molecule has 0 aliphatic carbocycles. The molecule has 0 unspecified atom stereocenters. The van der Waals surface area contributed by atoms with Gasteiger partial charge in [0.1, 0.15) is 0 Å². The van der Waals surface area contributed by atoms with E-state index in [2.05, 4.69) is 15.3 Å². The third-order valence-corrected chi connectivity index (χ3v) is 5.37. The highest BCUT2D eigenvalue weighted by atomic mass is 19.4. The summed E-state index contributed by atoms with van der Waals surface area (Å²) in [5.41, 5.74) is 7.06. The fourth-order valence-electron chi connectivity index (χ4n) is 3.68. The van der Waals surface area contributed by atoms with Crippen molar-refractivity contribution in [2.75, 3.05) is 22.5 Å². The van der Waals surface area contributed by atoms with Gasteiger partial charge >= 0.3 is 6.18 Å². The van der Waals surface area contributed by atoms with E-state index in [1.54, 1.807) is 18.2 Å². The maximum absolute atomic E-state index is 13.5. The first-order chi connectivity index (χ1) is 15.6. The molecule has 7 nitrogen and oxygen atoms in total. The molecule has 0 radical (unpaired) electrons. The van der Waals surface area contributed by atoms with E-state index in [0.717, 1.165) is 17.7 Å². The molecule has 1 aliphatic heterocycles. The predicted octanol–water partition coefficient (Wildman–Crippen LogP) is 4.43. The van der Waals surface area contributed by atoms with Crippen LogP contribution in [0.2, 0.25) is 0 Å². The average Bonchev–Trinajstić information content (AvgIpc) is 3.20. The van der Waals surface area contributed by atoms with E-state index in [-0.39, 0.29) is 35.2 Å². The number of carbonyl (C=O) groups excluding carboxylic acids is 2. The van der Waals surface area contributed by atoms with Crippen LogP contribution in [0.4, 0.5) is 30.5 Å². The number of carbonyl (C=O) groups is 2. The largest absolute Gasteiger partial charge is 0.416 e. The van der Waals surface area contributed by atoms with Gasteiger partial charge in [0.2, 0.25) is 11.9 Å². The lowest BCUT2D eigenvalue weighted by atomic mass is 10.00. The molecule has 1 aliphatic rings. The van der Waals surface area contributed by atoms with Crippen molar-refractivity contribution < 1.29 is 22.8 Å². The lowest BCUT2D eigenvalue weighted by Crippen LogP contribution is -2.24. The second-order valence-electron chi connectivity index (χ2n) is 7.73. The van der Waals surface area contributed by atoms with E-state index in [9.17, 15) is 22.8 Å². The third kappa shape index (κ3) is 4.79. The summed E-state index contributed by atoms with van der Waals surface area (Å²) in [7, 11) is 0. The molecule has 1 aromatic heterocycles. The van der Waals surface area contributed by atoms with Crippen LogP contribution in [0, 0.1) is 6.92 Å². The van der Waals surface area contributed by atoms with Crippen molar-refractivity contribution in [1.29, 1.82) is 0 Å². The maximum atomic E-state index is 13.5. The highest BCUT2D eigenvalue weighted by Gasteiger charge is 2.33. The fraction of sp³-hybridized carbons (Fsp3) is 0.217. The first kappa shape index (κ1) is 22.3. The van der Waals surface area contributed by atoms with Crippen LogP contribution in [0.15, 0.2) is 48.8 Å². The van der Waals surface area contributed by atoms with Gasteiger partial charge in [0.05, 0.1) is 5.56 Å². The van der Waals surface area contributed by atoms with E-state index >= 15 is 0 Å². The molecule has 0 bridgehead atoms. The van der Waals surface area contributed by atoms with Crippen LogP contribution in [-0.4, -0.2) is 28.3 Å². The number of anilines is 3. The first-order valence-corrected chi connectivity index (χ1v) is 10.1. The molecular weight excluding hydrogens is 435 g/mol. The standard InChI is InChI=1S/C23H20F3N5O2/c1-13-4-5-14(7-19(13)15-11-28-22(27)29-12-15)21(33)30-17-8-16(23(24,25)26)9-18(10-17)31-6-2-3-20(31)32/h4-5,7-12H,2-3,6H2,1H3,(H,30,33)(H2,27,28,29). The molecule has 1 fully saturated rings. The van der Waals surface area contributed by atoms with Crippen molar-refractivity contribution in [2.45, 2.75) is 25.9 Å². The smallest absolute Gasteiger partial charge is 0.368 e. The minimum absolute atomic E-state index is 0.0533. The number of nitrogen functional groups attached to an aromatic ring is 1. The molecule has 10 heteroatoms. The number of amides is 2. The number of rotatable bonds is 4. The minimum atomic E-state index is -4.63. The topological polar surface area (TPSA) is 101 Å². The van der Waals surface area contributed by atoms with Crippen molar-refractivity contribution in [2.24, 2.45) is 0 Å². The second kappa shape index (κ2) is 8.53. The molecule has 0 saturated carbocycles. The summed E-state index contributed by atoms with van der Waals surface area (Å²) in [5.74, 6) is -0.728. The molecule has 2 amide bonds. The van der Waals surface area contributed by atoms with Gasteiger partial charge in [-0.15, -0.1) is 0 Å². The SMILES string of the molecule is Cc1ccc(C(=O)Nc2cc(N3CCCC3=O)cc(C(F)(F)F)c2)cc1-c1cnc(N)nc1. The van der Waals surface area contributed by atoms with Crippen molar-refractivity contribution in [3.8, 4) is 11.1 Å². The zero-order chi connectivity index (χ0) is 23.8. The number of halogens is 3.